The lowest BCUT2D eigenvalue weighted by Crippen LogP contribution is -1.84. The molecule has 2 rings (SSSR count). The molecule has 0 saturated heterocycles. The molecule has 0 saturated carbocycles. The maximum Gasteiger partial charge on any atom is 0.288 e. The summed E-state index contributed by atoms with van der Waals surface area (Å²) in [5.41, 5.74) is 1.81. The number of benzene rings is 1. The Labute approximate surface area is 107 Å². The lowest BCUT2D eigenvalue weighted by atomic mass is 10.1. The number of halogens is 2. The number of thioether (sulfide) groups is 1. The first kappa shape index (κ1) is 12.3. The van der Waals surface area contributed by atoms with Crippen LogP contribution >= 0.6 is 24.0 Å². The zero-order valence-corrected chi connectivity index (χ0v) is 10.3. The monoisotopic (exact) mass is 269 g/mol. The molecular weight excluding hydrogens is 260 g/mol. The molecule has 0 fully saturated rings. The third-order valence-electron chi connectivity index (χ3n) is 2.16. The Bertz CT molecular complexity index is 549. The molecule has 0 aliphatic heterocycles. The van der Waals surface area contributed by atoms with Gasteiger partial charge in [-0.1, -0.05) is 42.2 Å². The van der Waals surface area contributed by atoms with Gasteiger partial charge in [-0.05, 0) is 29.8 Å². The molecule has 0 atom stereocenters. The van der Waals surface area contributed by atoms with E-state index >= 15 is 0 Å². The van der Waals surface area contributed by atoms with Gasteiger partial charge in [0.1, 0.15) is 4.64 Å². The van der Waals surface area contributed by atoms with Crippen molar-refractivity contribution < 1.29 is 8.78 Å². The minimum absolute atomic E-state index is 0.541. The van der Waals surface area contributed by atoms with Crippen molar-refractivity contribution >= 4 is 24.0 Å². The largest absolute Gasteiger partial charge is 0.346 e. The van der Waals surface area contributed by atoms with E-state index in [1.807, 2.05) is 12.1 Å². The van der Waals surface area contributed by atoms with Crippen molar-refractivity contribution in [1.29, 1.82) is 0 Å². The average Bonchev–Trinajstić information content (AvgIpc) is 2.29. The van der Waals surface area contributed by atoms with Gasteiger partial charge >= 0.3 is 0 Å². The lowest BCUT2D eigenvalue weighted by Gasteiger charge is -2.04. The molecule has 0 bridgehead atoms. The van der Waals surface area contributed by atoms with Crippen LogP contribution < -0.4 is 0 Å². The minimum atomic E-state index is -2.39. The van der Waals surface area contributed by atoms with Gasteiger partial charge in [-0.15, -0.1) is 0 Å². The zero-order chi connectivity index (χ0) is 12.3. The number of H-pyrrole nitrogens is 1. The summed E-state index contributed by atoms with van der Waals surface area (Å²) in [6.07, 6.45) is 0. The van der Waals surface area contributed by atoms with E-state index in [2.05, 4.69) is 4.98 Å². The number of nitrogens with one attached hydrogen (secondary N) is 1. The van der Waals surface area contributed by atoms with Gasteiger partial charge in [0.2, 0.25) is 0 Å². The third-order valence-corrected chi connectivity index (χ3v) is 3.12. The molecule has 17 heavy (non-hydrogen) atoms. The maximum atomic E-state index is 12.1. The quantitative estimate of drug-likeness (QED) is 0.640. The molecular formula is C12H9F2NS2. The first-order chi connectivity index (χ1) is 8.15. The van der Waals surface area contributed by atoms with E-state index in [1.165, 1.54) is 0 Å². The van der Waals surface area contributed by atoms with Gasteiger partial charge in [0.05, 0.1) is 0 Å². The van der Waals surface area contributed by atoms with Crippen LogP contribution in [0.4, 0.5) is 8.78 Å². The van der Waals surface area contributed by atoms with Crippen molar-refractivity contribution in [3.8, 4) is 11.3 Å². The average molecular weight is 269 g/mol. The molecule has 0 amide bonds. The van der Waals surface area contributed by atoms with Gasteiger partial charge in [0.15, 0.2) is 0 Å². The summed E-state index contributed by atoms with van der Waals surface area (Å²) in [7, 11) is 0. The highest BCUT2D eigenvalue weighted by Crippen LogP contribution is 2.27. The predicted octanol–water partition coefficient (Wildman–Crippen LogP) is 4.73. The second-order valence-electron chi connectivity index (χ2n) is 3.33. The molecule has 2 aromatic rings. The number of pyridine rings is 1. The van der Waals surface area contributed by atoms with Crippen molar-refractivity contribution in [2.75, 3.05) is 0 Å². The molecule has 0 aliphatic rings. The number of rotatable bonds is 3. The number of aromatic nitrogens is 1. The van der Waals surface area contributed by atoms with E-state index < -0.39 is 5.76 Å². The normalized spacial score (nSPS) is 10.8. The molecule has 88 valence electrons. The van der Waals surface area contributed by atoms with E-state index in [9.17, 15) is 8.78 Å². The molecule has 0 unspecified atom stereocenters. The van der Waals surface area contributed by atoms with E-state index in [0.29, 0.717) is 21.3 Å². The van der Waals surface area contributed by atoms with Crippen LogP contribution in [0, 0.1) is 4.64 Å². The fourth-order valence-electron chi connectivity index (χ4n) is 1.43. The van der Waals surface area contributed by atoms with Crippen molar-refractivity contribution in [2.45, 2.75) is 10.7 Å². The summed E-state index contributed by atoms with van der Waals surface area (Å²) in [5.74, 6) is -2.39. The molecule has 1 aromatic carbocycles. The van der Waals surface area contributed by atoms with Gasteiger partial charge in [0.25, 0.3) is 5.76 Å². The summed E-state index contributed by atoms with van der Waals surface area (Å²) < 4.78 is 24.9. The van der Waals surface area contributed by atoms with Gasteiger partial charge in [-0.25, -0.2) is 0 Å². The smallest absolute Gasteiger partial charge is 0.288 e. The maximum absolute atomic E-state index is 12.1. The first-order valence-electron chi connectivity index (χ1n) is 4.90. The Morgan fingerprint density at radius 2 is 1.76 bits per heavy atom. The lowest BCUT2D eigenvalue weighted by molar-refractivity contribution is 0.252. The van der Waals surface area contributed by atoms with Crippen LogP contribution in [0.5, 0.6) is 0 Å². The van der Waals surface area contributed by atoms with Crippen LogP contribution in [0.3, 0.4) is 0 Å². The molecule has 0 spiro atoms. The molecule has 1 N–H and O–H groups in total. The highest BCUT2D eigenvalue weighted by molar-refractivity contribution is 7.99. The number of alkyl halides is 2. The van der Waals surface area contributed by atoms with E-state index in [1.54, 1.807) is 30.3 Å². The Morgan fingerprint density at radius 3 is 2.35 bits per heavy atom. The number of hydrogen-bond donors (Lipinski definition) is 1. The summed E-state index contributed by atoms with van der Waals surface area (Å²) in [6.45, 7) is 0. The van der Waals surface area contributed by atoms with Gasteiger partial charge in [-0.2, -0.15) is 8.78 Å². The summed E-state index contributed by atoms with van der Waals surface area (Å²) >= 11 is 5.56. The van der Waals surface area contributed by atoms with Crippen molar-refractivity contribution in [3.05, 3.63) is 47.1 Å². The van der Waals surface area contributed by atoms with Crippen molar-refractivity contribution in [1.82, 2.24) is 4.98 Å². The topological polar surface area (TPSA) is 15.8 Å². The second-order valence-corrected chi connectivity index (χ2v) is 4.83. The highest BCUT2D eigenvalue weighted by Gasteiger charge is 2.05. The SMILES string of the molecule is FC(F)Sc1ccc(-c2cccc(=S)[nH]2)cc1. The standard InChI is InChI=1S/C12H9F2NS2/c13-12(14)17-9-6-4-8(5-7-9)10-2-1-3-11(16)15-10/h1-7,12H,(H,15,16). The molecule has 0 radical (unpaired) electrons. The Kier molecular flexibility index (Phi) is 3.91. The Balaban J connectivity index is 2.26. The summed E-state index contributed by atoms with van der Waals surface area (Å²) in [5, 5.41) is 0. The molecule has 5 heteroatoms. The van der Waals surface area contributed by atoms with E-state index in [-0.39, 0.29) is 0 Å². The second kappa shape index (κ2) is 5.42. The van der Waals surface area contributed by atoms with Crippen LogP contribution in [0.1, 0.15) is 0 Å². The molecule has 1 aromatic heterocycles. The van der Waals surface area contributed by atoms with Crippen molar-refractivity contribution in [3.63, 3.8) is 0 Å². The summed E-state index contributed by atoms with van der Waals surface area (Å²) in [4.78, 5) is 3.60. The van der Waals surface area contributed by atoms with Crippen LogP contribution in [0.25, 0.3) is 11.3 Å². The Morgan fingerprint density at radius 1 is 1.06 bits per heavy atom. The van der Waals surface area contributed by atoms with Gasteiger partial charge < -0.3 is 4.98 Å². The van der Waals surface area contributed by atoms with Gasteiger partial charge in [0, 0.05) is 10.6 Å². The number of hydrogen-bond acceptors (Lipinski definition) is 2. The van der Waals surface area contributed by atoms with Crippen LogP contribution in [0.15, 0.2) is 47.4 Å². The van der Waals surface area contributed by atoms with E-state index in [4.69, 9.17) is 12.2 Å². The highest BCUT2D eigenvalue weighted by atomic mass is 32.2. The fraction of sp³-hybridized carbons (Fsp3) is 0.0833. The minimum Gasteiger partial charge on any atom is -0.346 e. The molecule has 0 aliphatic carbocycles. The fourth-order valence-corrected chi connectivity index (χ4v) is 2.12. The van der Waals surface area contributed by atoms with Crippen LogP contribution in [0.2, 0.25) is 0 Å². The van der Waals surface area contributed by atoms with Crippen molar-refractivity contribution in [2.24, 2.45) is 0 Å². The van der Waals surface area contributed by atoms with E-state index in [0.717, 1.165) is 11.3 Å². The van der Waals surface area contributed by atoms with Crippen LogP contribution in [-0.4, -0.2) is 10.7 Å². The summed E-state index contributed by atoms with van der Waals surface area (Å²) in [6, 6.07) is 12.5. The Hall–Kier alpha value is -1.20. The molecule has 1 nitrogen and oxygen atoms in total. The third kappa shape index (κ3) is 3.38. The van der Waals surface area contributed by atoms with Crippen LogP contribution in [-0.2, 0) is 0 Å². The zero-order valence-electron chi connectivity index (χ0n) is 8.69. The molecule has 1 heterocycles. The first-order valence-corrected chi connectivity index (χ1v) is 6.18. The predicted molar refractivity (Wildman–Crippen MR) is 68.9 cm³/mol. The van der Waals surface area contributed by atoms with Gasteiger partial charge in [-0.3, -0.25) is 0 Å². The number of aromatic amines is 1.